The number of imidazole rings is 1. The molecule has 3 aromatic rings. The van der Waals surface area contributed by atoms with Crippen LogP contribution in [0.25, 0.3) is 5.65 Å². The van der Waals surface area contributed by atoms with E-state index in [1.54, 1.807) is 52.2 Å². The number of hydrogen-bond donors (Lipinski definition) is 1. The van der Waals surface area contributed by atoms with Gasteiger partial charge >= 0.3 is 0 Å². The van der Waals surface area contributed by atoms with Crippen molar-refractivity contribution in [2.75, 3.05) is 6.54 Å². The van der Waals surface area contributed by atoms with E-state index in [-0.39, 0.29) is 24.3 Å². The molecule has 122 valence electrons. The van der Waals surface area contributed by atoms with Crippen molar-refractivity contribution < 1.29 is 14.3 Å². The Kier molecular flexibility index (Phi) is 3.54. The largest absolute Gasteiger partial charge is 0.391 e. The van der Waals surface area contributed by atoms with Crippen molar-refractivity contribution in [3.05, 3.63) is 71.9 Å². The van der Waals surface area contributed by atoms with E-state index in [9.17, 15) is 14.3 Å². The lowest BCUT2D eigenvalue weighted by atomic mass is 10.0. The maximum Gasteiger partial charge on any atom is 0.255 e. The van der Waals surface area contributed by atoms with Gasteiger partial charge < -0.3 is 14.4 Å². The lowest BCUT2D eigenvalue weighted by molar-refractivity contribution is 0.0715. The predicted octanol–water partition coefficient (Wildman–Crippen LogP) is 2.42. The zero-order chi connectivity index (χ0) is 16.7. The molecule has 24 heavy (non-hydrogen) atoms. The highest BCUT2D eigenvalue weighted by molar-refractivity contribution is 5.94. The molecule has 5 nitrogen and oxygen atoms in total. The van der Waals surface area contributed by atoms with Crippen LogP contribution < -0.4 is 0 Å². The number of benzene rings is 1. The zero-order valence-electron chi connectivity index (χ0n) is 12.8. The number of nitrogens with zero attached hydrogens (tertiary/aromatic N) is 3. The highest BCUT2D eigenvalue weighted by atomic mass is 19.1. The molecule has 0 saturated carbocycles. The summed E-state index contributed by atoms with van der Waals surface area (Å²) in [6.45, 7) is 0.238. The summed E-state index contributed by atoms with van der Waals surface area (Å²) < 4.78 is 15.3. The Bertz CT molecular complexity index is 908. The second-order valence-electron chi connectivity index (χ2n) is 6.03. The van der Waals surface area contributed by atoms with Crippen LogP contribution in [-0.2, 0) is 0 Å². The van der Waals surface area contributed by atoms with Crippen LogP contribution in [0.5, 0.6) is 0 Å². The molecular formula is C18H16FN3O2. The average Bonchev–Trinajstić information content (AvgIpc) is 3.19. The van der Waals surface area contributed by atoms with E-state index in [0.717, 1.165) is 5.65 Å². The third-order valence-corrected chi connectivity index (χ3v) is 4.41. The summed E-state index contributed by atoms with van der Waals surface area (Å²) in [5, 5.41) is 10.0. The van der Waals surface area contributed by atoms with Crippen molar-refractivity contribution in [2.45, 2.75) is 18.6 Å². The molecule has 0 bridgehead atoms. The van der Waals surface area contributed by atoms with Crippen molar-refractivity contribution in [1.82, 2.24) is 14.3 Å². The monoisotopic (exact) mass is 325 g/mol. The summed E-state index contributed by atoms with van der Waals surface area (Å²) >= 11 is 0. The van der Waals surface area contributed by atoms with Crippen LogP contribution in [0.2, 0.25) is 0 Å². The molecule has 0 unspecified atom stereocenters. The number of aliphatic hydroxyl groups excluding tert-OH is 1. The number of carbonyl (C=O) groups excluding carboxylic acids is 1. The van der Waals surface area contributed by atoms with E-state index in [2.05, 4.69) is 4.98 Å². The molecule has 1 N–H and O–H groups in total. The molecule has 1 aromatic carbocycles. The standard InChI is InChI=1S/C18H16FN3O2/c19-14-3-1-2-12(8-14)16-9-15(23)11-22(16)18(24)13-4-5-17-20-6-7-21(17)10-13/h1-8,10,15-16,23H,9,11H2/t15-,16-/m0/s1. The van der Waals surface area contributed by atoms with Crippen molar-refractivity contribution in [2.24, 2.45) is 0 Å². The minimum absolute atomic E-state index is 0.184. The van der Waals surface area contributed by atoms with E-state index >= 15 is 0 Å². The van der Waals surface area contributed by atoms with Crippen molar-refractivity contribution in [1.29, 1.82) is 0 Å². The fraction of sp³-hybridized carbons (Fsp3) is 0.222. The number of pyridine rings is 1. The maximum absolute atomic E-state index is 13.5. The van der Waals surface area contributed by atoms with Gasteiger partial charge in [-0.15, -0.1) is 0 Å². The van der Waals surface area contributed by atoms with E-state index in [0.29, 0.717) is 17.5 Å². The van der Waals surface area contributed by atoms with Crippen molar-refractivity contribution in [3.63, 3.8) is 0 Å². The number of carbonyl (C=O) groups is 1. The number of halogens is 1. The van der Waals surface area contributed by atoms with Crippen molar-refractivity contribution in [3.8, 4) is 0 Å². The van der Waals surface area contributed by atoms with Gasteiger partial charge in [0.15, 0.2) is 0 Å². The first-order valence-corrected chi connectivity index (χ1v) is 7.79. The summed E-state index contributed by atoms with van der Waals surface area (Å²) in [5.74, 6) is -0.530. The molecule has 2 aromatic heterocycles. The van der Waals surface area contributed by atoms with Crippen molar-refractivity contribution >= 4 is 11.6 Å². The Hall–Kier alpha value is -2.73. The Morgan fingerprint density at radius 2 is 2.17 bits per heavy atom. The fourth-order valence-electron chi connectivity index (χ4n) is 3.28. The minimum Gasteiger partial charge on any atom is -0.391 e. The number of hydrogen-bond acceptors (Lipinski definition) is 3. The SMILES string of the molecule is O=C(c1ccc2nccn2c1)N1C[C@@H](O)C[C@H]1c1cccc(F)c1. The van der Waals surface area contributed by atoms with Crippen LogP contribution in [-0.4, -0.2) is 37.9 Å². The van der Waals surface area contributed by atoms with Gasteiger partial charge in [0.1, 0.15) is 11.5 Å². The molecule has 4 rings (SSSR count). The number of aliphatic hydroxyl groups is 1. The fourth-order valence-corrected chi connectivity index (χ4v) is 3.28. The van der Waals surface area contributed by atoms with Gasteiger partial charge in [-0.25, -0.2) is 9.37 Å². The molecule has 1 amide bonds. The molecular weight excluding hydrogens is 309 g/mol. The van der Waals surface area contributed by atoms with Gasteiger partial charge in [0.2, 0.25) is 0 Å². The highest BCUT2D eigenvalue weighted by Gasteiger charge is 2.36. The molecule has 1 aliphatic rings. The molecule has 3 heterocycles. The minimum atomic E-state index is -0.612. The first kappa shape index (κ1) is 14.8. The predicted molar refractivity (Wildman–Crippen MR) is 86.0 cm³/mol. The molecule has 0 spiro atoms. The van der Waals surface area contributed by atoms with E-state index in [4.69, 9.17) is 0 Å². The number of β-amino-alcohol motifs (C(OH)–C–C–N with tert-alkyl or cyclic N) is 1. The van der Waals surface area contributed by atoms with Crippen LogP contribution in [0.4, 0.5) is 4.39 Å². The molecule has 6 heteroatoms. The maximum atomic E-state index is 13.5. The summed E-state index contributed by atoms with van der Waals surface area (Å²) in [5.41, 5.74) is 1.97. The summed E-state index contributed by atoms with van der Waals surface area (Å²) in [6.07, 6.45) is 4.95. The van der Waals surface area contributed by atoms with E-state index in [1.807, 2.05) is 0 Å². The van der Waals surface area contributed by atoms with Crippen LogP contribution in [0.1, 0.15) is 28.4 Å². The topological polar surface area (TPSA) is 57.8 Å². The average molecular weight is 325 g/mol. The van der Waals surface area contributed by atoms with Crippen LogP contribution >= 0.6 is 0 Å². The summed E-state index contributed by atoms with van der Waals surface area (Å²) in [4.78, 5) is 18.7. The van der Waals surface area contributed by atoms with E-state index in [1.165, 1.54) is 12.1 Å². The Morgan fingerprint density at radius 3 is 3.00 bits per heavy atom. The second-order valence-corrected chi connectivity index (χ2v) is 6.03. The molecule has 1 aliphatic heterocycles. The molecule has 1 saturated heterocycles. The number of rotatable bonds is 2. The number of amides is 1. The van der Waals surface area contributed by atoms with Crippen LogP contribution in [0, 0.1) is 5.82 Å². The molecule has 2 atom stereocenters. The highest BCUT2D eigenvalue weighted by Crippen LogP contribution is 2.33. The van der Waals surface area contributed by atoms with E-state index < -0.39 is 6.10 Å². The Labute approximate surface area is 138 Å². The molecule has 0 aliphatic carbocycles. The summed E-state index contributed by atoms with van der Waals surface area (Å²) in [6, 6.07) is 9.35. The Morgan fingerprint density at radius 1 is 1.29 bits per heavy atom. The number of fused-ring (bicyclic) bond motifs is 1. The third-order valence-electron chi connectivity index (χ3n) is 4.41. The van der Waals surface area contributed by atoms with Gasteiger partial charge in [-0.1, -0.05) is 12.1 Å². The number of likely N-dealkylation sites (tertiary alicyclic amines) is 1. The van der Waals surface area contributed by atoms with Crippen LogP contribution in [0.15, 0.2) is 55.0 Å². The van der Waals surface area contributed by atoms with Gasteiger partial charge in [0.25, 0.3) is 5.91 Å². The third kappa shape index (κ3) is 2.55. The summed E-state index contributed by atoms with van der Waals surface area (Å²) in [7, 11) is 0. The van der Waals surface area contributed by atoms with Gasteiger partial charge in [-0.3, -0.25) is 4.79 Å². The van der Waals surface area contributed by atoms with Crippen LogP contribution in [0.3, 0.4) is 0 Å². The first-order valence-electron chi connectivity index (χ1n) is 7.79. The quantitative estimate of drug-likeness (QED) is 0.787. The molecule has 1 fully saturated rings. The Balaban J connectivity index is 1.68. The molecule has 0 radical (unpaired) electrons. The normalized spacial score (nSPS) is 20.7. The smallest absolute Gasteiger partial charge is 0.255 e. The first-order chi connectivity index (χ1) is 11.6. The zero-order valence-corrected chi connectivity index (χ0v) is 12.8. The number of aromatic nitrogens is 2. The second kappa shape index (κ2) is 5.72. The lowest BCUT2D eigenvalue weighted by Crippen LogP contribution is -2.32. The van der Waals surface area contributed by atoms with Gasteiger partial charge in [-0.05, 0) is 36.2 Å². The lowest BCUT2D eigenvalue weighted by Gasteiger charge is -2.25. The van der Waals surface area contributed by atoms with Gasteiger partial charge in [0.05, 0.1) is 17.7 Å². The van der Waals surface area contributed by atoms with Gasteiger partial charge in [0, 0.05) is 25.1 Å². The van der Waals surface area contributed by atoms with Gasteiger partial charge in [-0.2, -0.15) is 0 Å².